The molecular weight excluding hydrogens is 346 g/mol. The van der Waals surface area contributed by atoms with Gasteiger partial charge in [-0.2, -0.15) is 0 Å². The second-order valence-corrected chi connectivity index (χ2v) is 6.97. The molecule has 3 aromatic rings. The molecule has 7 heteroatoms. The molecule has 0 bridgehead atoms. The highest BCUT2D eigenvalue weighted by Crippen LogP contribution is 2.19. The van der Waals surface area contributed by atoms with Gasteiger partial charge in [0.05, 0.1) is 4.88 Å². The van der Waals surface area contributed by atoms with Gasteiger partial charge >= 0.3 is 0 Å². The first-order valence-electron chi connectivity index (χ1n) is 8.53. The number of nitrogens with zero attached hydrogens (tertiary/aromatic N) is 4. The van der Waals surface area contributed by atoms with Crippen molar-refractivity contribution in [2.24, 2.45) is 0 Å². The van der Waals surface area contributed by atoms with Crippen LogP contribution in [0.15, 0.2) is 60.0 Å². The molecule has 1 amide bonds. The number of thiophene rings is 1. The number of nitrogens with one attached hydrogen (secondary N) is 1. The molecule has 1 N–H and O–H groups in total. The van der Waals surface area contributed by atoms with E-state index in [9.17, 15) is 4.79 Å². The Hall–Kier alpha value is -2.93. The minimum Gasteiger partial charge on any atom is -0.352 e. The quantitative estimate of drug-likeness (QED) is 0.769. The maximum atomic E-state index is 12.4. The number of anilines is 3. The van der Waals surface area contributed by atoms with Crippen molar-refractivity contribution in [1.82, 2.24) is 15.1 Å². The molecule has 6 nitrogen and oxygen atoms in total. The van der Waals surface area contributed by atoms with E-state index in [1.807, 2.05) is 64.9 Å². The van der Waals surface area contributed by atoms with Crippen molar-refractivity contribution in [2.45, 2.75) is 0 Å². The van der Waals surface area contributed by atoms with Gasteiger partial charge < -0.3 is 15.1 Å². The van der Waals surface area contributed by atoms with Gasteiger partial charge in [0.15, 0.2) is 11.6 Å². The summed E-state index contributed by atoms with van der Waals surface area (Å²) in [4.78, 5) is 17.3. The molecular formula is C19H19N5OS. The lowest BCUT2D eigenvalue weighted by atomic mass is 10.3. The van der Waals surface area contributed by atoms with Gasteiger partial charge in [0.1, 0.15) is 0 Å². The number of rotatable bonds is 4. The van der Waals surface area contributed by atoms with Crippen LogP contribution in [0.25, 0.3) is 0 Å². The summed E-state index contributed by atoms with van der Waals surface area (Å²) in [5.74, 6) is 1.67. The zero-order chi connectivity index (χ0) is 17.8. The minimum absolute atomic E-state index is 0.119. The standard InChI is InChI=1S/C19H19N5OS/c25-19(16-7-4-14-26-16)24-12-10-23(11-13-24)18-9-8-17(21-22-18)20-15-5-2-1-3-6-15/h1-9,14H,10-13H2,(H,20,21). The van der Waals surface area contributed by atoms with Crippen molar-refractivity contribution in [1.29, 1.82) is 0 Å². The molecule has 1 aromatic carbocycles. The topological polar surface area (TPSA) is 61.4 Å². The van der Waals surface area contributed by atoms with Crippen LogP contribution in [0.5, 0.6) is 0 Å². The summed E-state index contributed by atoms with van der Waals surface area (Å²) in [6.07, 6.45) is 0. The Morgan fingerprint density at radius 3 is 2.38 bits per heavy atom. The zero-order valence-electron chi connectivity index (χ0n) is 14.2. The molecule has 0 radical (unpaired) electrons. The van der Waals surface area contributed by atoms with E-state index < -0.39 is 0 Å². The normalized spacial score (nSPS) is 14.3. The fraction of sp³-hybridized carbons (Fsp3) is 0.211. The van der Waals surface area contributed by atoms with Crippen LogP contribution in [-0.2, 0) is 0 Å². The van der Waals surface area contributed by atoms with E-state index in [1.54, 1.807) is 0 Å². The molecule has 0 aliphatic carbocycles. The summed E-state index contributed by atoms with van der Waals surface area (Å²) in [6, 6.07) is 17.6. The lowest BCUT2D eigenvalue weighted by Gasteiger charge is -2.35. The van der Waals surface area contributed by atoms with E-state index in [0.29, 0.717) is 18.9 Å². The first kappa shape index (κ1) is 16.5. The average Bonchev–Trinajstić information content (AvgIpc) is 3.24. The Morgan fingerprint density at radius 1 is 0.923 bits per heavy atom. The van der Waals surface area contributed by atoms with Crippen molar-refractivity contribution in [3.63, 3.8) is 0 Å². The molecule has 0 atom stereocenters. The maximum Gasteiger partial charge on any atom is 0.264 e. The van der Waals surface area contributed by atoms with E-state index in [0.717, 1.165) is 29.5 Å². The second-order valence-electron chi connectivity index (χ2n) is 6.02. The van der Waals surface area contributed by atoms with Crippen LogP contribution in [0.4, 0.5) is 17.3 Å². The summed E-state index contributed by atoms with van der Waals surface area (Å²) in [6.45, 7) is 2.92. The molecule has 26 heavy (non-hydrogen) atoms. The first-order chi connectivity index (χ1) is 12.8. The van der Waals surface area contributed by atoms with Crippen LogP contribution in [0, 0.1) is 0 Å². The van der Waals surface area contributed by atoms with E-state index in [4.69, 9.17) is 0 Å². The second kappa shape index (κ2) is 7.53. The predicted octanol–water partition coefficient (Wildman–Crippen LogP) is 3.24. The third kappa shape index (κ3) is 3.67. The van der Waals surface area contributed by atoms with Gasteiger partial charge in [-0.1, -0.05) is 24.3 Å². The fourth-order valence-electron chi connectivity index (χ4n) is 2.92. The molecule has 3 heterocycles. The number of para-hydroxylation sites is 1. The highest BCUT2D eigenvalue weighted by atomic mass is 32.1. The summed E-state index contributed by atoms with van der Waals surface area (Å²) in [5, 5.41) is 13.8. The number of aromatic nitrogens is 2. The molecule has 0 unspecified atom stereocenters. The number of carbonyl (C=O) groups excluding carboxylic acids is 1. The highest BCUT2D eigenvalue weighted by molar-refractivity contribution is 7.12. The highest BCUT2D eigenvalue weighted by Gasteiger charge is 2.23. The van der Waals surface area contributed by atoms with Gasteiger partial charge in [0.25, 0.3) is 5.91 Å². The number of piperazine rings is 1. The van der Waals surface area contributed by atoms with Crippen molar-refractivity contribution < 1.29 is 4.79 Å². The number of benzene rings is 1. The molecule has 1 fully saturated rings. The van der Waals surface area contributed by atoms with E-state index >= 15 is 0 Å². The van der Waals surface area contributed by atoms with E-state index in [2.05, 4.69) is 20.4 Å². The van der Waals surface area contributed by atoms with Crippen LogP contribution in [0.1, 0.15) is 9.67 Å². The number of amides is 1. The average molecular weight is 365 g/mol. The Kier molecular flexibility index (Phi) is 4.79. The van der Waals surface area contributed by atoms with Gasteiger partial charge in [-0.25, -0.2) is 0 Å². The molecule has 0 spiro atoms. The van der Waals surface area contributed by atoms with Crippen LogP contribution in [0.3, 0.4) is 0 Å². The van der Waals surface area contributed by atoms with E-state index in [-0.39, 0.29) is 5.91 Å². The van der Waals surface area contributed by atoms with Gasteiger partial charge in [-0.05, 0) is 35.7 Å². The molecule has 0 saturated carbocycles. The van der Waals surface area contributed by atoms with Crippen molar-refractivity contribution in [2.75, 3.05) is 36.4 Å². The predicted molar refractivity (Wildman–Crippen MR) is 104 cm³/mol. The van der Waals surface area contributed by atoms with E-state index in [1.165, 1.54) is 11.3 Å². The van der Waals surface area contributed by atoms with Gasteiger partial charge in [-0.15, -0.1) is 21.5 Å². The Bertz CT molecular complexity index is 843. The summed E-state index contributed by atoms with van der Waals surface area (Å²) >= 11 is 1.49. The van der Waals surface area contributed by atoms with Crippen LogP contribution < -0.4 is 10.2 Å². The lowest BCUT2D eigenvalue weighted by molar-refractivity contribution is 0.0751. The molecule has 1 aliphatic heterocycles. The Morgan fingerprint density at radius 2 is 1.73 bits per heavy atom. The third-order valence-corrected chi connectivity index (χ3v) is 5.18. The molecule has 1 aliphatic rings. The van der Waals surface area contributed by atoms with Gasteiger partial charge in [-0.3, -0.25) is 4.79 Å². The summed E-state index contributed by atoms with van der Waals surface area (Å²) in [5.41, 5.74) is 0.982. The minimum atomic E-state index is 0.119. The number of carbonyl (C=O) groups is 1. The van der Waals surface area contributed by atoms with Crippen molar-refractivity contribution in [3.8, 4) is 0 Å². The first-order valence-corrected chi connectivity index (χ1v) is 9.41. The monoisotopic (exact) mass is 365 g/mol. The summed E-state index contributed by atoms with van der Waals surface area (Å²) < 4.78 is 0. The van der Waals surface area contributed by atoms with Crippen LogP contribution >= 0.6 is 11.3 Å². The van der Waals surface area contributed by atoms with Crippen molar-refractivity contribution >= 4 is 34.6 Å². The Labute approximate surface area is 156 Å². The fourth-order valence-corrected chi connectivity index (χ4v) is 3.62. The van der Waals surface area contributed by atoms with Crippen LogP contribution in [-0.4, -0.2) is 47.2 Å². The lowest BCUT2D eigenvalue weighted by Crippen LogP contribution is -2.48. The third-order valence-electron chi connectivity index (χ3n) is 4.32. The number of hydrogen-bond donors (Lipinski definition) is 1. The Balaban J connectivity index is 1.35. The zero-order valence-corrected chi connectivity index (χ0v) is 15.0. The number of hydrogen-bond acceptors (Lipinski definition) is 6. The summed E-state index contributed by atoms with van der Waals surface area (Å²) in [7, 11) is 0. The smallest absolute Gasteiger partial charge is 0.264 e. The van der Waals surface area contributed by atoms with Crippen LogP contribution in [0.2, 0.25) is 0 Å². The largest absolute Gasteiger partial charge is 0.352 e. The SMILES string of the molecule is O=C(c1cccs1)N1CCN(c2ccc(Nc3ccccc3)nn2)CC1. The molecule has 132 valence electrons. The molecule has 1 saturated heterocycles. The van der Waals surface area contributed by atoms with Gasteiger partial charge in [0, 0.05) is 31.9 Å². The molecule has 4 rings (SSSR count). The molecule has 2 aromatic heterocycles. The maximum absolute atomic E-state index is 12.4. The van der Waals surface area contributed by atoms with Crippen molar-refractivity contribution in [3.05, 3.63) is 64.9 Å². The van der Waals surface area contributed by atoms with Gasteiger partial charge in [0.2, 0.25) is 0 Å².